The zero-order valence-electron chi connectivity index (χ0n) is 10.3. The molecule has 1 aromatic carbocycles. The van der Waals surface area contributed by atoms with Crippen molar-refractivity contribution in [3.05, 3.63) is 24.3 Å². The number of nitrogens with two attached hydrogens (primary N) is 1. The van der Waals surface area contributed by atoms with E-state index in [-0.39, 0.29) is 12.1 Å². The summed E-state index contributed by atoms with van der Waals surface area (Å²) >= 11 is 0. The molecular formula is C13H16N4O. The number of rotatable bonds is 2. The number of hydrogen-bond acceptors (Lipinski definition) is 5. The zero-order valence-corrected chi connectivity index (χ0v) is 10.3. The lowest BCUT2D eigenvalue weighted by atomic mass is 10.1. The van der Waals surface area contributed by atoms with Crippen molar-refractivity contribution in [3.8, 4) is 0 Å². The van der Waals surface area contributed by atoms with Crippen molar-refractivity contribution in [1.29, 1.82) is 0 Å². The fourth-order valence-electron chi connectivity index (χ4n) is 2.30. The number of benzene rings is 1. The van der Waals surface area contributed by atoms with Gasteiger partial charge in [0, 0.05) is 12.0 Å². The molecule has 1 saturated heterocycles. The van der Waals surface area contributed by atoms with Gasteiger partial charge in [0.05, 0.1) is 17.7 Å². The Kier molecular flexibility index (Phi) is 2.76. The fraction of sp³-hybridized carbons (Fsp3) is 0.385. The predicted molar refractivity (Wildman–Crippen MR) is 71.4 cm³/mol. The molecule has 0 saturated carbocycles. The lowest BCUT2D eigenvalue weighted by molar-refractivity contribution is 0.121. The summed E-state index contributed by atoms with van der Waals surface area (Å²) in [5.74, 6) is 1.09. The van der Waals surface area contributed by atoms with Crippen LogP contribution in [0.3, 0.4) is 0 Å². The molecule has 18 heavy (non-hydrogen) atoms. The maximum absolute atomic E-state index is 5.74. The van der Waals surface area contributed by atoms with Crippen LogP contribution in [0.4, 0.5) is 11.8 Å². The molecule has 2 aromatic rings. The minimum absolute atomic E-state index is 0.194. The van der Waals surface area contributed by atoms with E-state index in [1.54, 1.807) is 0 Å². The van der Waals surface area contributed by atoms with E-state index in [1.807, 2.05) is 24.3 Å². The van der Waals surface area contributed by atoms with Crippen LogP contribution in [-0.4, -0.2) is 28.7 Å². The van der Waals surface area contributed by atoms with E-state index in [2.05, 4.69) is 22.2 Å². The zero-order chi connectivity index (χ0) is 12.5. The standard InChI is InChI=1S/C13H16N4O/c1-8-10(6-7-18-8)15-12-9-4-2-3-5-11(9)16-13(14)17-12/h2-5,8,10H,6-7H2,1H3,(H3,14,15,16,17). The quantitative estimate of drug-likeness (QED) is 0.842. The molecule has 94 valence electrons. The van der Waals surface area contributed by atoms with Gasteiger partial charge in [-0.05, 0) is 25.5 Å². The van der Waals surface area contributed by atoms with Gasteiger partial charge < -0.3 is 15.8 Å². The summed E-state index contributed by atoms with van der Waals surface area (Å²) in [6.45, 7) is 2.86. The van der Waals surface area contributed by atoms with Crippen molar-refractivity contribution in [2.24, 2.45) is 0 Å². The summed E-state index contributed by atoms with van der Waals surface area (Å²) in [6.07, 6.45) is 1.18. The van der Waals surface area contributed by atoms with Crippen molar-refractivity contribution in [2.45, 2.75) is 25.5 Å². The highest BCUT2D eigenvalue weighted by Crippen LogP contribution is 2.24. The molecule has 1 aromatic heterocycles. The van der Waals surface area contributed by atoms with E-state index in [4.69, 9.17) is 10.5 Å². The van der Waals surface area contributed by atoms with Crippen LogP contribution >= 0.6 is 0 Å². The normalized spacial score (nSPS) is 23.4. The SMILES string of the molecule is CC1OCCC1Nc1nc(N)nc2ccccc12. The van der Waals surface area contributed by atoms with E-state index < -0.39 is 0 Å². The molecule has 5 heteroatoms. The lowest BCUT2D eigenvalue weighted by Gasteiger charge is -2.17. The summed E-state index contributed by atoms with van der Waals surface area (Å²) in [5.41, 5.74) is 6.60. The molecule has 5 nitrogen and oxygen atoms in total. The van der Waals surface area contributed by atoms with Crippen LogP contribution in [0.1, 0.15) is 13.3 Å². The number of nitrogens with one attached hydrogen (secondary N) is 1. The summed E-state index contributed by atoms with van der Waals surface area (Å²) in [5, 5.41) is 4.41. The molecule has 2 atom stereocenters. The molecule has 1 aliphatic heterocycles. The topological polar surface area (TPSA) is 73.1 Å². The van der Waals surface area contributed by atoms with Crippen LogP contribution in [-0.2, 0) is 4.74 Å². The summed E-state index contributed by atoms with van der Waals surface area (Å²) in [6, 6.07) is 8.13. The Balaban J connectivity index is 2.00. The Bertz CT molecular complexity index is 572. The van der Waals surface area contributed by atoms with Crippen LogP contribution in [0.2, 0.25) is 0 Å². The first-order valence-corrected chi connectivity index (χ1v) is 6.14. The van der Waals surface area contributed by atoms with Gasteiger partial charge in [-0.15, -0.1) is 0 Å². The number of fused-ring (bicyclic) bond motifs is 1. The molecule has 3 N–H and O–H groups in total. The number of anilines is 2. The summed E-state index contributed by atoms with van der Waals surface area (Å²) in [4.78, 5) is 8.52. The van der Waals surface area contributed by atoms with E-state index in [1.165, 1.54) is 0 Å². The van der Waals surface area contributed by atoms with Crippen molar-refractivity contribution in [3.63, 3.8) is 0 Å². The molecular weight excluding hydrogens is 228 g/mol. The Morgan fingerprint density at radius 3 is 2.94 bits per heavy atom. The summed E-state index contributed by atoms with van der Waals surface area (Å²) < 4.78 is 5.54. The molecule has 0 bridgehead atoms. The second kappa shape index (κ2) is 4.42. The Morgan fingerprint density at radius 2 is 2.17 bits per heavy atom. The van der Waals surface area contributed by atoms with Gasteiger partial charge in [0.2, 0.25) is 5.95 Å². The van der Waals surface area contributed by atoms with Crippen molar-refractivity contribution in [2.75, 3.05) is 17.7 Å². The monoisotopic (exact) mass is 244 g/mol. The highest BCUT2D eigenvalue weighted by Gasteiger charge is 2.24. The van der Waals surface area contributed by atoms with Gasteiger partial charge in [-0.3, -0.25) is 0 Å². The molecule has 2 unspecified atom stereocenters. The number of ether oxygens (including phenoxy) is 1. The average Bonchev–Trinajstić information content (AvgIpc) is 2.75. The first kappa shape index (κ1) is 11.2. The number of hydrogen-bond donors (Lipinski definition) is 2. The molecule has 0 amide bonds. The molecule has 0 aliphatic carbocycles. The van der Waals surface area contributed by atoms with Crippen LogP contribution in [0, 0.1) is 0 Å². The third-order valence-electron chi connectivity index (χ3n) is 3.32. The fourth-order valence-corrected chi connectivity index (χ4v) is 2.30. The summed E-state index contributed by atoms with van der Waals surface area (Å²) in [7, 11) is 0. The van der Waals surface area contributed by atoms with Gasteiger partial charge in [-0.2, -0.15) is 4.98 Å². The van der Waals surface area contributed by atoms with Gasteiger partial charge in [-0.1, -0.05) is 12.1 Å². The predicted octanol–water partition coefficient (Wildman–Crippen LogP) is 1.80. The highest BCUT2D eigenvalue weighted by atomic mass is 16.5. The van der Waals surface area contributed by atoms with Gasteiger partial charge in [-0.25, -0.2) is 4.98 Å². The number of nitrogens with zero attached hydrogens (tertiary/aromatic N) is 2. The number of nitrogen functional groups attached to an aromatic ring is 1. The van der Waals surface area contributed by atoms with E-state index >= 15 is 0 Å². The number of aromatic nitrogens is 2. The largest absolute Gasteiger partial charge is 0.376 e. The Hall–Kier alpha value is -1.88. The van der Waals surface area contributed by atoms with E-state index in [9.17, 15) is 0 Å². The lowest BCUT2D eigenvalue weighted by Crippen LogP contribution is -2.27. The van der Waals surface area contributed by atoms with Gasteiger partial charge in [0.15, 0.2) is 0 Å². The smallest absolute Gasteiger partial charge is 0.222 e. The van der Waals surface area contributed by atoms with Crippen LogP contribution in [0.25, 0.3) is 10.9 Å². The molecule has 2 heterocycles. The second-order valence-electron chi connectivity index (χ2n) is 4.56. The van der Waals surface area contributed by atoms with E-state index in [0.29, 0.717) is 5.95 Å². The maximum Gasteiger partial charge on any atom is 0.222 e. The molecule has 0 spiro atoms. The number of para-hydroxylation sites is 1. The molecule has 1 fully saturated rings. The molecule has 0 radical (unpaired) electrons. The van der Waals surface area contributed by atoms with Crippen molar-refractivity contribution in [1.82, 2.24) is 9.97 Å². The van der Waals surface area contributed by atoms with Crippen molar-refractivity contribution >= 4 is 22.7 Å². The van der Waals surface area contributed by atoms with Crippen LogP contribution in [0.15, 0.2) is 24.3 Å². The minimum Gasteiger partial charge on any atom is -0.376 e. The Morgan fingerprint density at radius 1 is 1.33 bits per heavy atom. The second-order valence-corrected chi connectivity index (χ2v) is 4.56. The average molecular weight is 244 g/mol. The highest BCUT2D eigenvalue weighted by molar-refractivity contribution is 5.89. The molecule has 1 aliphatic rings. The van der Waals surface area contributed by atoms with Crippen LogP contribution in [0.5, 0.6) is 0 Å². The minimum atomic E-state index is 0.194. The van der Waals surface area contributed by atoms with E-state index in [0.717, 1.165) is 29.7 Å². The van der Waals surface area contributed by atoms with Crippen molar-refractivity contribution < 1.29 is 4.74 Å². The van der Waals surface area contributed by atoms with Gasteiger partial charge in [0.25, 0.3) is 0 Å². The first-order chi connectivity index (χ1) is 8.74. The third kappa shape index (κ3) is 1.97. The first-order valence-electron chi connectivity index (χ1n) is 6.14. The van der Waals surface area contributed by atoms with Crippen LogP contribution < -0.4 is 11.1 Å². The third-order valence-corrected chi connectivity index (χ3v) is 3.32. The maximum atomic E-state index is 5.74. The Labute approximate surface area is 105 Å². The van der Waals surface area contributed by atoms with Gasteiger partial charge in [0.1, 0.15) is 5.82 Å². The molecule has 3 rings (SSSR count). The van der Waals surface area contributed by atoms with Gasteiger partial charge >= 0.3 is 0 Å².